The van der Waals surface area contributed by atoms with E-state index >= 15 is 0 Å². The Morgan fingerprint density at radius 3 is 2.59 bits per heavy atom. The van der Waals surface area contributed by atoms with E-state index in [0.29, 0.717) is 11.3 Å². The van der Waals surface area contributed by atoms with Gasteiger partial charge in [0.1, 0.15) is 11.4 Å². The molecule has 0 aliphatic heterocycles. The molecule has 0 aliphatic rings. The Bertz CT molecular complexity index is 1030. The van der Waals surface area contributed by atoms with Crippen molar-refractivity contribution in [1.29, 1.82) is 0 Å². The molecule has 0 unspecified atom stereocenters. The number of methoxy groups -OCH3 is 1. The molecule has 0 bridgehead atoms. The van der Waals surface area contributed by atoms with E-state index in [1.165, 1.54) is 17.6 Å². The van der Waals surface area contributed by atoms with Crippen LogP contribution in [0.3, 0.4) is 0 Å². The molecule has 1 aromatic heterocycles. The number of nitrogens with zero attached hydrogens (tertiary/aromatic N) is 1. The number of hydrogen-bond acceptors (Lipinski definition) is 5. The third kappa shape index (κ3) is 5.88. The first-order valence-electron chi connectivity index (χ1n) is 8.75. The second kappa shape index (κ2) is 10.0. The molecule has 0 fully saturated rings. The van der Waals surface area contributed by atoms with Gasteiger partial charge in [-0.1, -0.05) is 36.4 Å². The van der Waals surface area contributed by atoms with Gasteiger partial charge in [-0.15, -0.1) is 11.3 Å². The van der Waals surface area contributed by atoms with Crippen molar-refractivity contribution in [3.05, 3.63) is 93.8 Å². The number of nitrogens with one attached hydrogen (secondary N) is 2. The number of amides is 2. The summed E-state index contributed by atoms with van der Waals surface area (Å²) in [4.78, 5) is 25.9. The highest BCUT2D eigenvalue weighted by atomic mass is 32.1. The molecule has 0 atom stereocenters. The van der Waals surface area contributed by atoms with Crippen LogP contribution >= 0.6 is 11.3 Å². The number of hydrogen-bond donors (Lipinski definition) is 2. The zero-order chi connectivity index (χ0) is 20.5. The summed E-state index contributed by atoms with van der Waals surface area (Å²) in [5.41, 5.74) is 3.77. The molecule has 29 heavy (non-hydrogen) atoms. The summed E-state index contributed by atoms with van der Waals surface area (Å²) in [5, 5.41) is 8.53. The maximum atomic E-state index is 12.6. The summed E-state index contributed by atoms with van der Waals surface area (Å²) in [6.45, 7) is 0. The molecule has 0 saturated heterocycles. The highest BCUT2D eigenvalue weighted by Crippen LogP contribution is 2.13. The predicted octanol–water partition coefficient (Wildman–Crippen LogP) is 3.68. The lowest BCUT2D eigenvalue weighted by Crippen LogP contribution is -2.32. The van der Waals surface area contributed by atoms with Crippen LogP contribution in [0, 0.1) is 0 Å². The van der Waals surface area contributed by atoms with Crippen molar-refractivity contribution < 1.29 is 14.3 Å². The minimum atomic E-state index is -0.526. The predicted molar refractivity (Wildman–Crippen MR) is 115 cm³/mol. The van der Waals surface area contributed by atoms with E-state index in [2.05, 4.69) is 15.8 Å². The van der Waals surface area contributed by atoms with Gasteiger partial charge in [0.05, 0.1) is 13.3 Å². The number of hydrazone groups is 1. The van der Waals surface area contributed by atoms with E-state index in [1.807, 2.05) is 41.8 Å². The van der Waals surface area contributed by atoms with Crippen LogP contribution in [0.5, 0.6) is 5.75 Å². The van der Waals surface area contributed by atoms with Crippen LogP contribution in [0.1, 0.15) is 20.8 Å². The van der Waals surface area contributed by atoms with Crippen LogP contribution in [0.15, 0.2) is 82.9 Å². The van der Waals surface area contributed by atoms with Gasteiger partial charge in [0.15, 0.2) is 0 Å². The van der Waals surface area contributed by atoms with E-state index in [9.17, 15) is 9.59 Å². The normalized spacial score (nSPS) is 11.3. The van der Waals surface area contributed by atoms with Gasteiger partial charge in [-0.3, -0.25) is 9.59 Å². The molecular formula is C22H19N3O3S. The Kier molecular flexibility index (Phi) is 6.91. The number of ether oxygens (including phenoxy) is 1. The molecule has 3 aromatic rings. The second-order valence-corrected chi connectivity index (χ2v) is 6.85. The van der Waals surface area contributed by atoms with Crippen LogP contribution in [0.4, 0.5) is 0 Å². The third-order valence-electron chi connectivity index (χ3n) is 3.83. The first-order chi connectivity index (χ1) is 14.2. The van der Waals surface area contributed by atoms with Gasteiger partial charge in [-0.2, -0.15) is 5.10 Å². The Hall–Kier alpha value is -3.71. The lowest BCUT2D eigenvalue weighted by molar-refractivity contribution is -0.117. The van der Waals surface area contributed by atoms with Gasteiger partial charge < -0.3 is 10.1 Å². The second-order valence-electron chi connectivity index (χ2n) is 5.87. The first kappa shape index (κ1) is 20.0. The average Bonchev–Trinajstić information content (AvgIpc) is 3.27. The van der Waals surface area contributed by atoms with Gasteiger partial charge in [-0.25, -0.2) is 5.43 Å². The number of carbonyl (C=O) groups excluding carboxylic acids is 2. The van der Waals surface area contributed by atoms with Gasteiger partial charge in [0.2, 0.25) is 0 Å². The van der Waals surface area contributed by atoms with Gasteiger partial charge in [0.25, 0.3) is 11.8 Å². The Balaban J connectivity index is 1.74. The van der Waals surface area contributed by atoms with Crippen molar-refractivity contribution in [3.8, 4) is 5.75 Å². The number of rotatable bonds is 7. The third-order valence-corrected chi connectivity index (χ3v) is 4.65. The van der Waals surface area contributed by atoms with E-state index in [0.717, 1.165) is 10.4 Å². The minimum absolute atomic E-state index is 0.101. The number of benzene rings is 2. The first-order valence-corrected chi connectivity index (χ1v) is 9.63. The van der Waals surface area contributed by atoms with Crippen LogP contribution < -0.4 is 15.5 Å². The van der Waals surface area contributed by atoms with Crippen molar-refractivity contribution in [1.82, 2.24) is 10.7 Å². The summed E-state index contributed by atoms with van der Waals surface area (Å²) in [6, 6.07) is 19.7. The zero-order valence-electron chi connectivity index (χ0n) is 15.7. The molecule has 7 heteroatoms. The molecule has 2 aromatic carbocycles. The largest absolute Gasteiger partial charge is 0.497 e. The topological polar surface area (TPSA) is 79.8 Å². The zero-order valence-corrected chi connectivity index (χ0v) is 16.5. The van der Waals surface area contributed by atoms with E-state index in [1.54, 1.807) is 43.5 Å². The SMILES string of the molecule is COc1cccc(/C=N\NC(=O)/C(=C\c2cccs2)NC(=O)c2ccccc2)c1. The quantitative estimate of drug-likeness (QED) is 0.358. The molecule has 1 heterocycles. The monoisotopic (exact) mass is 405 g/mol. The number of carbonyl (C=O) groups is 2. The fraction of sp³-hybridized carbons (Fsp3) is 0.0455. The lowest BCUT2D eigenvalue weighted by Gasteiger charge is -2.08. The molecule has 0 saturated carbocycles. The summed E-state index contributed by atoms with van der Waals surface area (Å²) < 4.78 is 5.16. The van der Waals surface area contributed by atoms with Crippen molar-refractivity contribution in [2.75, 3.05) is 7.11 Å². The molecule has 2 amide bonds. The highest BCUT2D eigenvalue weighted by molar-refractivity contribution is 7.10. The van der Waals surface area contributed by atoms with Crippen molar-refractivity contribution >= 4 is 35.4 Å². The fourth-order valence-corrected chi connectivity index (χ4v) is 3.06. The van der Waals surface area contributed by atoms with Crippen molar-refractivity contribution in [3.63, 3.8) is 0 Å². The van der Waals surface area contributed by atoms with Crippen LogP contribution in [-0.4, -0.2) is 25.1 Å². The van der Waals surface area contributed by atoms with Gasteiger partial charge in [-0.05, 0) is 47.4 Å². The summed E-state index contributed by atoms with van der Waals surface area (Å²) >= 11 is 1.46. The molecule has 0 aliphatic carbocycles. The molecule has 3 rings (SSSR count). The van der Waals surface area contributed by atoms with Gasteiger partial charge in [0, 0.05) is 10.4 Å². The standard InChI is InChI=1S/C22H19N3O3S/c1-28-18-10-5-7-16(13-18)15-23-25-22(27)20(14-19-11-6-12-29-19)24-21(26)17-8-3-2-4-9-17/h2-15H,1H3,(H,24,26)(H,25,27)/b20-14+,23-15-. The van der Waals surface area contributed by atoms with E-state index in [4.69, 9.17) is 4.74 Å². The Morgan fingerprint density at radius 2 is 1.86 bits per heavy atom. The average molecular weight is 405 g/mol. The molecule has 6 nitrogen and oxygen atoms in total. The molecular weight excluding hydrogens is 386 g/mol. The number of thiophene rings is 1. The lowest BCUT2D eigenvalue weighted by atomic mass is 10.2. The van der Waals surface area contributed by atoms with Crippen molar-refractivity contribution in [2.45, 2.75) is 0 Å². The highest BCUT2D eigenvalue weighted by Gasteiger charge is 2.14. The molecule has 0 spiro atoms. The van der Waals surface area contributed by atoms with Crippen LogP contribution in [0.25, 0.3) is 6.08 Å². The van der Waals surface area contributed by atoms with E-state index < -0.39 is 5.91 Å². The maximum absolute atomic E-state index is 12.6. The Morgan fingerprint density at radius 1 is 1.03 bits per heavy atom. The Labute approximate surface area is 172 Å². The molecule has 0 radical (unpaired) electrons. The maximum Gasteiger partial charge on any atom is 0.287 e. The van der Waals surface area contributed by atoms with Crippen LogP contribution in [0.2, 0.25) is 0 Å². The molecule has 2 N–H and O–H groups in total. The minimum Gasteiger partial charge on any atom is -0.497 e. The van der Waals surface area contributed by atoms with Crippen molar-refractivity contribution in [2.24, 2.45) is 5.10 Å². The molecule has 146 valence electrons. The summed E-state index contributed by atoms with van der Waals surface area (Å²) in [6.07, 6.45) is 3.12. The summed E-state index contributed by atoms with van der Waals surface area (Å²) in [5.74, 6) is -0.212. The smallest absolute Gasteiger partial charge is 0.287 e. The van der Waals surface area contributed by atoms with Crippen LogP contribution in [-0.2, 0) is 4.79 Å². The van der Waals surface area contributed by atoms with E-state index in [-0.39, 0.29) is 11.6 Å². The summed E-state index contributed by atoms with van der Waals surface area (Å²) in [7, 11) is 1.58. The van der Waals surface area contributed by atoms with Gasteiger partial charge >= 0.3 is 0 Å². The fourth-order valence-electron chi connectivity index (χ4n) is 2.41.